The van der Waals surface area contributed by atoms with E-state index in [4.69, 9.17) is 9.53 Å². The molecule has 1 aromatic carbocycles. The Bertz CT molecular complexity index is 1030. The number of carbonyl (C=O) groups excluding carboxylic acids is 3. The van der Waals surface area contributed by atoms with Gasteiger partial charge in [0, 0.05) is 19.0 Å². The van der Waals surface area contributed by atoms with Crippen molar-refractivity contribution < 1.29 is 23.5 Å². The van der Waals surface area contributed by atoms with E-state index in [-0.39, 0.29) is 31.2 Å². The third kappa shape index (κ3) is 7.51. The molecule has 3 rings (SSSR count). The van der Waals surface area contributed by atoms with Gasteiger partial charge in [-0.1, -0.05) is 26.0 Å². The van der Waals surface area contributed by atoms with Crippen LogP contribution in [0.1, 0.15) is 46.1 Å². The molecule has 190 valence electrons. The molecular weight excluding hydrogens is 451 g/mol. The fourth-order valence-corrected chi connectivity index (χ4v) is 4.09. The third-order valence-corrected chi connectivity index (χ3v) is 5.82. The number of hydrogen-bond donors (Lipinski definition) is 3. The first-order chi connectivity index (χ1) is 16.7. The molecule has 35 heavy (non-hydrogen) atoms. The van der Waals surface area contributed by atoms with Crippen LogP contribution >= 0.6 is 0 Å². The van der Waals surface area contributed by atoms with Crippen molar-refractivity contribution in [2.24, 2.45) is 5.73 Å². The van der Waals surface area contributed by atoms with Crippen LogP contribution in [0.25, 0.3) is 5.57 Å². The molecule has 8 nitrogen and oxygen atoms in total. The number of nitrogens with one attached hydrogen (secondary N) is 2. The number of primary amides is 1. The van der Waals surface area contributed by atoms with Crippen molar-refractivity contribution in [3.63, 3.8) is 0 Å². The molecule has 1 aromatic rings. The van der Waals surface area contributed by atoms with E-state index in [1.165, 1.54) is 29.0 Å². The third-order valence-electron chi connectivity index (χ3n) is 5.82. The average molecular weight is 487 g/mol. The van der Waals surface area contributed by atoms with Crippen LogP contribution in [-0.4, -0.2) is 50.7 Å². The number of hydrogen-bond acceptors (Lipinski definition) is 5. The summed E-state index contributed by atoms with van der Waals surface area (Å²) >= 11 is 0. The van der Waals surface area contributed by atoms with Crippen molar-refractivity contribution in [1.82, 2.24) is 10.6 Å². The number of carbonyl (C=O) groups is 3. The highest BCUT2D eigenvalue weighted by Gasteiger charge is 2.32. The highest BCUT2D eigenvalue weighted by atomic mass is 19.1. The molecule has 3 amide bonds. The van der Waals surface area contributed by atoms with E-state index in [0.717, 1.165) is 30.7 Å². The normalized spacial score (nSPS) is 17.6. The fourth-order valence-electron chi connectivity index (χ4n) is 4.09. The van der Waals surface area contributed by atoms with Crippen LogP contribution in [0, 0.1) is 5.82 Å². The lowest BCUT2D eigenvalue weighted by molar-refractivity contribution is -0.119. The number of nitrogens with two attached hydrogens (primary N) is 1. The van der Waals surface area contributed by atoms with E-state index in [0.29, 0.717) is 17.7 Å². The average Bonchev–Trinajstić information content (AvgIpc) is 3.11. The van der Waals surface area contributed by atoms with Crippen LogP contribution in [0.4, 0.5) is 14.9 Å². The standard InChI is InChI=1S/C25H32FN3O3.CH3NO/c1-5-18-7-9-22(16(3)11-19(18)13-27-6-2)23-10-8-20(12-24(23)26)29-15-21(32-25(29)31)14-28-17(4)30;2-1-3/h7-8,10-12,21,27H,5-6,9,13-15H2,1-4H3,(H,28,30);1H,(H2,2,3). The number of ether oxygens (including phenoxy) is 1. The fraction of sp³-hybridized carbons (Fsp3) is 0.423. The Balaban J connectivity index is 0.00000137. The highest BCUT2D eigenvalue weighted by molar-refractivity contribution is 5.90. The number of anilines is 1. The zero-order chi connectivity index (χ0) is 26.0. The van der Waals surface area contributed by atoms with Crippen molar-refractivity contribution in [3.05, 3.63) is 58.5 Å². The molecule has 1 fully saturated rings. The smallest absolute Gasteiger partial charge is 0.414 e. The van der Waals surface area contributed by atoms with Crippen molar-refractivity contribution in [2.45, 2.75) is 46.6 Å². The number of nitrogens with zero attached hydrogens (tertiary/aromatic N) is 1. The Labute approximate surface area is 206 Å². The van der Waals surface area contributed by atoms with Gasteiger partial charge in [-0.25, -0.2) is 9.18 Å². The molecule has 2 aliphatic rings. The predicted octanol–water partition coefficient (Wildman–Crippen LogP) is 3.44. The van der Waals surface area contributed by atoms with Gasteiger partial charge < -0.3 is 21.1 Å². The van der Waals surface area contributed by atoms with Gasteiger partial charge in [0.2, 0.25) is 12.3 Å². The maximum Gasteiger partial charge on any atom is 0.414 e. The molecular formula is C26H35FN4O4. The maximum absolute atomic E-state index is 15.2. The van der Waals surface area contributed by atoms with Gasteiger partial charge in [-0.15, -0.1) is 0 Å². The first-order valence-electron chi connectivity index (χ1n) is 11.7. The molecule has 9 heteroatoms. The second-order valence-corrected chi connectivity index (χ2v) is 8.25. The summed E-state index contributed by atoms with van der Waals surface area (Å²) in [6.07, 6.45) is 5.17. The Kier molecular flexibility index (Phi) is 10.7. The number of rotatable bonds is 8. The van der Waals surface area contributed by atoms with E-state index >= 15 is 4.39 Å². The van der Waals surface area contributed by atoms with Gasteiger partial charge in [-0.05, 0) is 66.8 Å². The monoisotopic (exact) mass is 486 g/mol. The van der Waals surface area contributed by atoms with E-state index in [1.54, 1.807) is 12.1 Å². The summed E-state index contributed by atoms with van der Waals surface area (Å²) in [5.41, 5.74) is 9.66. The summed E-state index contributed by atoms with van der Waals surface area (Å²) in [5.74, 6) is -0.560. The maximum atomic E-state index is 15.2. The van der Waals surface area contributed by atoms with Gasteiger partial charge in [0.15, 0.2) is 0 Å². The number of amides is 3. The van der Waals surface area contributed by atoms with Gasteiger partial charge in [0.25, 0.3) is 0 Å². The number of halogens is 1. The van der Waals surface area contributed by atoms with Crippen molar-refractivity contribution >= 4 is 29.7 Å². The number of allylic oxidation sites excluding steroid dienone is 4. The van der Waals surface area contributed by atoms with Gasteiger partial charge in [0.05, 0.1) is 18.8 Å². The van der Waals surface area contributed by atoms with E-state index in [2.05, 4.69) is 42.4 Å². The van der Waals surface area contributed by atoms with Crippen LogP contribution in [0.15, 0.2) is 47.1 Å². The summed E-state index contributed by atoms with van der Waals surface area (Å²) in [6, 6.07) is 4.87. The largest absolute Gasteiger partial charge is 0.442 e. The van der Waals surface area contributed by atoms with E-state index < -0.39 is 12.2 Å². The second kappa shape index (κ2) is 13.4. The van der Waals surface area contributed by atoms with Crippen molar-refractivity contribution in [3.8, 4) is 0 Å². The summed E-state index contributed by atoms with van der Waals surface area (Å²) in [4.78, 5) is 33.3. The SMILES string of the molecule is CCNCC1=CC(C)=C(c2ccc(N3CC(CNC(C)=O)OC3=O)cc2F)CC=C1CC.NC=O. The van der Waals surface area contributed by atoms with Gasteiger partial charge >= 0.3 is 6.09 Å². The molecule has 0 saturated carbocycles. The minimum absolute atomic E-state index is 0.190. The van der Waals surface area contributed by atoms with Crippen LogP contribution in [0.2, 0.25) is 0 Å². The Morgan fingerprint density at radius 3 is 2.63 bits per heavy atom. The van der Waals surface area contributed by atoms with E-state index in [9.17, 15) is 9.59 Å². The lowest BCUT2D eigenvalue weighted by atomic mass is 9.97. The first kappa shape index (κ1) is 27.8. The highest BCUT2D eigenvalue weighted by Crippen LogP contribution is 2.34. The number of benzene rings is 1. The predicted molar refractivity (Wildman–Crippen MR) is 135 cm³/mol. The van der Waals surface area contributed by atoms with Crippen molar-refractivity contribution in [2.75, 3.05) is 31.1 Å². The Hall–Kier alpha value is -3.46. The minimum atomic E-state index is -0.538. The minimum Gasteiger partial charge on any atom is -0.442 e. The molecule has 0 bridgehead atoms. The Morgan fingerprint density at radius 2 is 2.03 bits per heavy atom. The lowest BCUT2D eigenvalue weighted by Crippen LogP contribution is -2.33. The summed E-state index contributed by atoms with van der Waals surface area (Å²) in [7, 11) is 0. The van der Waals surface area contributed by atoms with Crippen LogP contribution < -0.4 is 21.3 Å². The second-order valence-electron chi connectivity index (χ2n) is 8.25. The molecule has 1 aliphatic carbocycles. The summed E-state index contributed by atoms with van der Waals surface area (Å²) in [5, 5.41) is 6.02. The Morgan fingerprint density at radius 1 is 1.31 bits per heavy atom. The first-order valence-corrected chi connectivity index (χ1v) is 11.7. The quantitative estimate of drug-likeness (QED) is 0.487. The van der Waals surface area contributed by atoms with Gasteiger partial charge in [-0.2, -0.15) is 0 Å². The molecule has 1 heterocycles. The zero-order valence-corrected chi connectivity index (χ0v) is 20.8. The number of likely N-dealkylation sites (N-methyl/N-ethyl adjacent to an activating group) is 1. The molecule has 1 atom stereocenters. The van der Waals surface area contributed by atoms with Gasteiger partial charge in [-0.3, -0.25) is 14.5 Å². The molecule has 1 saturated heterocycles. The molecule has 4 N–H and O–H groups in total. The van der Waals surface area contributed by atoms with Crippen LogP contribution in [0.5, 0.6) is 0 Å². The van der Waals surface area contributed by atoms with Crippen LogP contribution in [-0.2, 0) is 14.3 Å². The van der Waals surface area contributed by atoms with Crippen LogP contribution in [0.3, 0.4) is 0 Å². The van der Waals surface area contributed by atoms with Crippen molar-refractivity contribution in [1.29, 1.82) is 0 Å². The molecule has 1 unspecified atom stereocenters. The molecule has 0 spiro atoms. The van der Waals surface area contributed by atoms with Gasteiger partial charge in [0.1, 0.15) is 11.9 Å². The molecule has 1 aliphatic heterocycles. The topological polar surface area (TPSA) is 114 Å². The summed E-state index contributed by atoms with van der Waals surface area (Å²) < 4.78 is 20.5. The molecule has 0 radical (unpaired) electrons. The van der Waals surface area contributed by atoms with E-state index in [1.807, 2.05) is 6.92 Å². The zero-order valence-electron chi connectivity index (χ0n) is 20.8. The summed E-state index contributed by atoms with van der Waals surface area (Å²) in [6.45, 7) is 9.82. The number of cyclic esters (lactones) is 1. The molecule has 0 aromatic heterocycles. The lowest BCUT2D eigenvalue weighted by Gasteiger charge is -2.16.